The van der Waals surface area contributed by atoms with Gasteiger partial charge in [-0.2, -0.15) is 0 Å². The molecule has 1 saturated heterocycles. The summed E-state index contributed by atoms with van der Waals surface area (Å²) in [4.78, 5) is 2.34. The van der Waals surface area contributed by atoms with Crippen LogP contribution in [0.5, 0.6) is 0 Å². The van der Waals surface area contributed by atoms with E-state index in [1.165, 1.54) is 11.8 Å². The standard InChI is InChI=1S/C19H22ClFN2O/c20-14-5-7-16(8-6-14)23-11-9-15(10-12-23)22-13-19(24)17-3-1-2-4-18(17)21/h1-8,15,19,22,24H,9-13H2. The van der Waals surface area contributed by atoms with Gasteiger partial charge in [-0.25, -0.2) is 4.39 Å². The summed E-state index contributed by atoms with van der Waals surface area (Å²) >= 11 is 5.93. The average Bonchev–Trinajstić information content (AvgIpc) is 2.61. The Morgan fingerprint density at radius 3 is 2.46 bits per heavy atom. The molecule has 0 spiro atoms. The van der Waals surface area contributed by atoms with Gasteiger partial charge >= 0.3 is 0 Å². The topological polar surface area (TPSA) is 35.5 Å². The smallest absolute Gasteiger partial charge is 0.129 e. The number of nitrogens with zero attached hydrogens (tertiary/aromatic N) is 1. The molecule has 1 unspecified atom stereocenters. The average molecular weight is 349 g/mol. The molecule has 24 heavy (non-hydrogen) atoms. The number of hydrogen-bond donors (Lipinski definition) is 2. The zero-order valence-corrected chi connectivity index (χ0v) is 14.2. The second kappa shape index (κ2) is 7.97. The first-order valence-electron chi connectivity index (χ1n) is 8.30. The van der Waals surface area contributed by atoms with Crippen molar-refractivity contribution in [2.45, 2.75) is 25.0 Å². The van der Waals surface area contributed by atoms with E-state index < -0.39 is 6.10 Å². The van der Waals surface area contributed by atoms with Crippen molar-refractivity contribution in [3.05, 3.63) is 64.9 Å². The molecule has 2 aromatic rings. The minimum atomic E-state index is -0.819. The predicted octanol–water partition coefficient (Wildman–Crippen LogP) is 3.77. The van der Waals surface area contributed by atoms with Crippen LogP contribution in [0.15, 0.2) is 48.5 Å². The molecule has 3 nitrogen and oxygen atoms in total. The van der Waals surface area contributed by atoms with E-state index in [4.69, 9.17) is 11.6 Å². The molecule has 2 N–H and O–H groups in total. The lowest BCUT2D eigenvalue weighted by atomic mass is 10.0. The number of aliphatic hydroxyl groups excluding tert-OH is 1. The number of halogens is 2. The second-order valence-corrected chi connectivity index (χ2v) is 6.62. The maximum atomic E-state index is 13.7. The zero-order chi connectivity index (χ0) is 16.9. The van der Waals surface area contributed by atoms with Crippen molar-refractivity contribution in [2.75, 3.05) is 24.5 Å². The van der Waals surface area contributed by atoms with Gasteiger partial charge in [0.15, 0.2) is 0 Å². The molecule has 0 saturated carbocycles. The third-order valence-corrected chi connectivity index (χ3v) is 4.80. The van der Waals surface area contributed by atoms with Gasteiger partial charge in [0, 0.05) is 41.9 Å². The molecule has 1 fully saturated rings. The Morgan fingerprint density at radius 1 is 1.12 bits per heavy atom. The molecule has 1 heterocycles. The monoisotopic (exact) mass is 348 g/mol. The van der Waals surface area contributed by atoms with Crippen LogP contribution in [0.2, 0.25) is 5.02 Å². The van der Waals surface area contributed by atoms with E-state index in [9.17, 15) is 9.50 Å². The number of aliphatic hydroxyl groups is 1. The van der Waals surface area contributed by atoms with Crippen molar-refractivity contribution in [3.8, 4) is 0 Å². The van der Waals surface area contributed by atoms with Crippen molar-refractivity contribution in [1.29, 1.82) is 0 Å². The molecule has 3 rings (SSSR count). The molecule has 1 atom stereocenters. The molecule has 0 aromatic heterocycles. The summed E-state index contributed by atoms with van der Waals surface area (Å²) in [5, 5.41) is 14.3. The van der Waals surface area contributed by atoms with Crippen molar-refractivity contribution < 1.29 is 9.50 Å². The Morgan fingerprint density at radius 2 is 1.79 bits per heavy atom. The molecule has 0 radical (unpaired) electrons. The summed E-state index contributed by atoms with van der Waals surface area (Å²) in [5.74, 6) is -0.357. The molecule has 1 aliphatic heterocycles. The number of nitrogens with one attached hydrogen (secondary N) is 1. The Kier molecular flexibility index (Phi) is 5.72. The normalized spacial score (nSPS) is 17.0. The largest absolute Gasteiger partial charge is 0.387 e. The highest BCUT2D eigenvalue weighted by Gasteiger charge is 2.20. The first-order chi connectivity index (χ1) is 11.6. The highest BCUT2D eigenvalue weighted by atomic mass is 35.5. The van der Waals surface area contributed by atoms with E-state index in [0.29, 0.717) is 18.2 Å². The Hall–Kier alpha value is -1.62. The maximum absolute atomic E-state index is 13.7. The van der Waals surface area contributed by atoms with Crippen LogP contribution in [-0.4, -0.2) is 30.8 Å². The number of piperidine rings is 1. The van der Waals surface area contributed by atoms with Gasteiger partial charge in [-0.05, 0) is 43.2 Å². The summed E-state index contributed by atoms with van der Waals surface area (Å²) in [5.41, 5.74) is 1.54. The lowest BCUT2D eigenvalue weighted by Crippen LogP contribution is -2.43. The maximum Gasteiger partial charge on any atom is 0.129 e. The first kappa shape index (κ1) is 17.2. The van der Waals surface area contributed by atoms with Crippen LogP contribution in [0.25, 0.3) is 0 Å². The fourth-order valence-corrected chi connectivity index (χ4v) is 3.25. The van der Waals surface area contributed by atoms with Gasteiger partial charge in [0.25, 0.3) is 0 Å². The lowest BCUT2D eigenvalue weighted by Gasteiger charge is -2.34. The number of anilines is 1. The Balaban J connectivity index is 1.47. The molecule has 0 bridgehead atoms. The zero-order valence-electron chi connectivity index (χ0n) is 13.5. The van der Waals surface area contributed by atoms with Crippen LogP contribution in [0.1, 0.15) is 24.5 Å². The van der Waals surface area contributed by atoms with Crippen LogP contribution in [-0.2, 0) is 0 Å². The highest BCUT2D eigenvalue weighted by molar-refractivity contribution is 6.30. The lowest BCUT2D eigenvalue weighted by molar-refractivity contribution is 0.163. The Labute approximate surface area is 147 Å². The van der Waals surface area contributed by atoms with E-state index >= 15 is 0 Å². The van der Waals surface area contributed by atoms with E-state index in [1.807, 2.05) is 24.3 Å². The highest BCUT2D eigenvalue weighted by Crippen LogP contribution is 2.22. The molecular weight excluding hydrogens is 327 g/mol. The van der Waals surface area contributed by atoms with Gasteiger partial charge in [0.05, 0.1) is 6.10 Å². The van der Waals surface area contributed by atoms with Crippen molar-refractivity contribution >= 4 is 17.3 Å². The quantitative estimate of drug-likeness (QED) is 0.863. The van der Waals surface area contributed by atoms with Crippen LogP contribution in [0.4, 0.5) is 10.1 Å². The van der Waals surface area contributed by atoms with Crippen molar-refractivity contribution in [1.82, 2.24) is 5.32 Å². The number of benzene rings is 2. The molecule has 1 aliphatic rings. The van der Waals surface area contributed by atoms with E-state index in [2.05, 4.69) is 10.2 Å². The third-order valence-electron chi connectivity index (χ3n) is 4.55. The van der Waals surface area contributed by atoms with Gasteiger partial charge in [-0.3, -0.25) is 0 Å². The fourth-order valence-electron chi connectivity index (χ4n) is 3.13. The SMILES string of the molecule is OC(CNC1CCN(c2ccc(Cl)cc2)CC1)c1ccccc1F. The predicted molar refractivity (Wildman–Crippen MR) is 96.0 cm³/mol. The van der Waals surface area contributed by atoms with Crippen LogP contribution in [0, 0.1) is 5.82 Å². The molecule has 2 aromatic carbocycles. The van der Waals surface area contributed by atoms with Crippen LogP contribution in [0.3, 0.4) is 0 Å². The van der Waals surface area contributed by atoms with Crippen LogP contribution >= 0.6 is 11.6 Å². The van der Waals surface area contributed by atoms with E-state index in [-0.39, 0.29) is 5.82 Å². The summed E-state index contributed by atoms with van der Waals surface area (Å²) in [7, 11) is 0. The molecule has 0 aliphatic carbocycles. The molecule has 0 amide bonds. The van der Waals surface area contributed by atoms with E-state index in [1.54, 1.807) is 18.2 Å². The van der Waals surface area contributed by atoms with Gasteiger partial charge in [0.2, 0.25) is 0 Å². The van der Waals surface area contributed by atoms with Gasteiger partial charge in [-0.1, -0.05) is 29.8 Å². The number of hydrogen-bond acceptors (Lipinski definition) is 3. The van der Waals surface area contributed by atoms with Gasteiger partial charge in [-0.15, -0.1) is 0 Å². The minimum Gasteiger partial charge on any atom is -0.387 e. The number of rotatable bonds is 5. The van der Waals surface area contributed by atoms with Crippen LogP contribution < -0.4 is 10.2 Å². The Bertz CT molecular complexity index is 657. The van der Waals surface area contributed by atoms with Crippen molar-refractivity contribution in [3.63, 3.8) is 0 Å². The summed E-state index contributed by atoms with van der Waals surface area (Å²) < 4.78 is 13.7. The third kappa shape index (κ3) is 4.26. The molecule has 128 valence electrons. The molecule has 5 heteroatoms. The van der Waals surface area contributed by atoms with Gasteiger partial charge in [0.1, 0.15) is 5.82 Å². The molecular formula is C19H22ClFN2O. The van der Waals surface area contributed by atoms with Gasteiger partial charge < -0.3 is 15.3 Å². The second-order valence-electron chi connectivity index (χ2n) is 6.18. The summed E-state index contributed by atoms with van der Waals surface area (Å²) in [6.45, 7) is 2.27. The summed E-state index contributed by atoms with van der Waals surface area (Å²) in [6.07, 6.45) is 1.17. The van der Waals surface area contributed by atoms with E-state index in [0.717, 1.165) is 31.0 Å². The minimum absolute atomic E-state index is 0.343. The first-order valence-corrected chi connectivity index (χ1v) is 8.67. The fraction of sp³-hybridized carbons (Fsp3) is 0.368. The van der Waals surface area contributed by atoms with Crippen molar-refractivity contribution in [2.24, 2.45) is 0 Å². The summed E-state index contributed by atoms with van der Waals surface area (Å²) in [6, 6.07) is 14.6.